The number of ether oxygens (including phenoxy) is 2. The predicted octanol–water partition coefficient (Wildman–Crippen LogP) is 4.56. The van der Waals surface area contributed by atoms with Gasteiger partial charge in [0.15, 0.2) is 0 Å². The van der Waals surface area contributed by atoms with Crippen molar-refractivity contribution < 1.29 is 27.5 Å². The van der Waals surface area contributed by atoms with Crippen molar-refractivity contribution in [3.63, 3.8) is 0 Å². The van der Waals surface area contributed by atoms with Crippen molar-refractivity contribution >= 4 is 39.3 Å². The van der Waals surface area contributed by atoms with Crippen molar-refractivity contribution in [1.29, 1.82) is 0 Å². The highest BCUT2D eigenvalue weighted by Crippen LogP contribution is 2.28. The average molecular weight is 600 g/mol. The van der Waals surface area contributed by atoms with Gasteiger partial charge in [0.2, 0.25) is 11.8 Å². The van der Waals surface area contributed by atoms with Gasteiger partial charge in [0, 0.05) is 18.0 Å². The van der Waals surface area contributed by atoms with E-state index in [4.69, 9.17) is 9.47 Å². The van der Waals surface area contributed by atoms with Crippen LogP contribution in [0.5, 0.6) is 11.5 Å². The van der Waals surface area contributed by atoms with Gasteiger partial charge in [-0.2, -0.15) is 0 Å². The number of hydrogen-bond donors (Lipinski definition) is 1. The quantitative estimate of drug-likeness (QED) is 0.271. The fourth-order valence-electron chi connectivity index (χ4n) is 4.11. The third-order valence-corrected chi connectivity index (χ3v) is 8.92. The molecule has 2 amide bonds. The van der Waals surface area contributed by atoms with E-state index < -0.39 is 28.5 Å². The van der Waals surface area contributed by atoms with E-state index in [-0.39, 0.29) is 17.3 Å². The molecule has 0 heterocycles. The fraction of sp³-hybridized carbons (Fsp3) is 0.333. The largest absolute Gasteiger partial charge is 0.497 e. The Morgan fingerprint density at radius 3 is 2.07 bits per heavy atom. The first-order chi connectivity index (χ1) is 19.6. The molecule has 0 fully saturated rings. The maximum absolute atomic E-state index is 14.0. The smallest absolute Gasteiger partial charge is 0.264 e. The Morgan fingerprint density at radius 2 is 1.54 bits per heavy atom. The molecule has 3 rings (SSSR count). The highest BCUT2D eigenvalue weighted by molar-refractivity contribution is 7.98. The lowest BCUT2D eigenvalue weighted by atomic mass is 10.1. The highest BCUT2D eigenvalue weighted by Gasteiger charge is 2.32. The number of nitrogens with one attached hydrogen (secondary N) is 1. The van der Waals surface area contributed by atoms with E-state index in [0.29, 0.717) is 30.3 Å². The molecule has 9 nitrogen and oxygen atoms in total. The molecule has 3 aromatic rings. The van der Waals surface area contributed by atoms with Crippen molar-refractivity contribution in [2.45, 2.75) is 43.1 Å². The molecule has 0 spiro atoms. The summed E-state index contributed by atoms with van der Waals surface area (Å²) in [5.41, 5.74) is 1.06. The number of amides is 2. The molecule has 11 heteroatoms. The van der Waals surface area contributed by atoms with Gasteiger partial charge in [-0.15, -0.1) is 11.8 Å². The highest BCUT2D eigenvalue weighted by atomic mass is 32.2. The van der Waals surface area contributed by atoms with Gasteiger partial charge < -0.3 is 19.7 Å². The van der Waals surface area contributed by atoms with Crippen LogP contribution < -0.4 is 19.1 Å². The van der Waals surface area contributed by atoms with Crippen LogP contribution >= 0.6 is 11.8 Å². The van der Waals surface area contributed by atoms with Crippen LogP contribution in [-0.2, 0) is 26.2 Å². The van der Waals surface area contributed by atoms with Crippen LogP contribution in [0.25, 0.3) is 0 Å². The van der Waals surface area contributed by atoms with Crippen LogP contribution in [0.2, 0.25) is 0 Å². The van der Waals surface area contributed by atoms with E-state index in [1.54, 1.807) is 81.6 Å². The number of anilines is 1. The molecule has 0 aliphatic heterocycles. The van der Waals surface area contributed by atoms with Crippen LogP contribution in [0, 0.1) is 0 Å². The maximum atomic E-state index is 14.0. The van der Waals surface area contributed by atoms with Crippen LogP contribution in [-0.4, -0.2) is 64.2 Å². The lowest BCUT2D eigenvalue weighted by molar-refractivity contribution is -0.139. The lowest BCUT2D eigenvalue weighted by Gasteiger charge is -2.32. The monoisotopic (exact) mass is 599 g/mol. The molecule has 1 unspecified atom stereocenters. The topological polar surface area (TPSA) is 105 Å². The number of carbonyl (C=O) groups is 2. The summed E-state index contributed by atoms with van der Waals surface area (Å²) >= 11 is 1.50. The lowest BCUT2D eigenvalue weighted by Crippen LogP contribution is -2.51. The first-order valence-corrected chi connectivity index (χ1v) is 15.9. The van der Waals surface area contributed by atoms with E-state index in [2.05, 4.69) is 5.32 Å². The van der Waals surface area contributed by atoms with Crippen molar-refractivity contribution in [1.82, 2.24) is 10.2 Å². The summed E-state index contributed by atoms with van der Waals surface area (Å²) in [5, 5.41) is 2.75. The fourth-order valence-corrected chi connectivity index (χ4v) is 5.93. The third kappa shape index (κ3) is 8.17. The molecule has 0 aliphatic carbocycles. The Hall–Kier alpha value is -3.70. The summed E-state index contributed by atoms with van der Waals surface area (Å²) in [4.78, 5) is 29.1. The summed E-state index contributed by atoms with van der Waals surface area (Å²) < 4.78 is 39.7. The minimum atomic E-state index is -4.15. The zero-order valence-corrected chi connectivity index (χ0v) is 25.6. The Labute approximate surface area is 246 Å². The van der Waals surface area contributed by atoms with Crippen molar-refractivity contribution in [2.75, 3.05) is 37.4 Å². The molecule has 0 bridgehead atoms. The van der Waals surface area contributed by atoms with Crippen molar-refractivity contribution in [3.8, 4) is 11.5 Å². The van der Waals surface area contributed by atoms with Crippen LogP contribution in [0.3, 0.4) is 0 Å². The van der Waals surface area contributed by atoms with Crippen molar-refractivity contribution in [3.05, 3.63) is 78.4 Å². The molecule has 0 radical (unpaired) electrons. The van der Waals surface area contributed by atoms with E-state index in [9.17, 15) is 18.0 Å². The summed E-state index contributed by atoms with van der Waals surface area (Å²) in [5.74, 6) is 0.370. The van der Waals surface area contributed by atoms with Gasteiger partial charge in [-0.1, -0.05) is 12.1 Å². The summed E-state index contributed by atoms with van der Waals surface area (Å²) in [6.45, 7) is 5.72. The van der Waals surface area contributed by atoms with Gasteiger partial charge in [-0.05, 0) is 93.3 Å². The second-order valence-corrected chi connectivity index (χ2v) is 11.8. The molecule has 0 saturated heterocycles. The minimum Gasteiger partial charge on any atom is -0.497 e. The Bertz CT molecular complexity index is 1400. The molecular weight excluding hydrogens is 562 g/mol. The van der Waals surface area contributed by atoms with Gasteiger partial charge in [0.1, 0.15) is 24.1 Å². The number of thioether (sulfide) groups is 1. The van der Waals surface area contributed by atoms with Crippen LogP contribution in [0.4, 0.5) is 5.69 Å². The first kappa shape index (κ1) is 31.8. The van der Waals surface area contributed by atoms with Crippen LogP contribution in [0.1, 0.15) is 26.3 Å². The molecule has 1 N–H and O–H groups in total. The van der Waals surface area contributed by atoms with Gasteiger partial charge in [-0.3, -0.25) is 13.9 Å². The number of nitrogens with zero attached hydrogens (tertiary/aromatic N) is 2. The van der Waals surface area contributed by atoms with E-state index in [1.807, 2.05) is 13.2 Å². The first-order valence-electron chi connectivity index (χ1n) is 13.2. The summed E-state index contributed by atoms with van der Waals surface area (Å²) in [7, 11) is -2.59. The molecule has 3 aromatic carbocycles. The number of rotatable bonds is 14. The molecule has 41 heavy (non-hydrogen) atoms. The number of methoxy groups -OCH3 is 1. The standard InChI is InChI=1S/C30H37N3O6S2/c1-6-31-30(35)22(3)32(20-23-8-12-25(38-4)13-9-23)29(34)21-33(24-10-14-26(15-11-24)39-7-2)41(36,37)28-18-16-27(40-5)17-19-28/h8-19,22H,6-7,20-21H2,1-5H3,(H,31,35). The normalized spacial score (nSPS) is 11.8. The Morgan fingerprint density at radius 1 is 0.927 bits per heavy atom. The Balaban J connectivity index is 2.02. The number of benzene rings is 3. The SMILES string of the molecule is CCNC(=O)C(C)N(Cc1ccc(OC)cc1)C(=O)CN(c1ccc(OCC)cc1)S(=O)(=O)c1ccc(SC)cc1. The maximum Gasteiger partial charge on any atom is 0.264 e. The number of carbonyl (C=O) groups excluding carboxylic acids is 2. The third-order valence-electron chi connectivity index (χ3n) is 6.39. The summed E-state index contributed by atoms with van der Waals surface area (Å²) in [6, 6.07) is 19.3. The van der Waals surface area contributed by atoms with Gasteiger partial charge in [0.05, 0.1) is 24.3 Å². The van der Waals surface area contributed by atoms with Crippen molar-refractivity contribution in [2.24, 2.45) is 0 Å². The summed E-state index contributed by atoms with van der Waals surface area (Å²) in [6.07, 6.45) is 1.90. The minimum absolute atomic E-state index is 0.0514. The molecular formula is C30H37N3O6S2. The average Bonchev–Trinajstić information content (AvgIpc) is 2.99. The van der Waals surface area contributed by atoms with Gasteiger partial charge in [0.25, 0.3) is 10.0 Å². The second kappa shape index (κ2) is 14.8. The van der Waals surface area contributed by atoms with E-state index in [1.165, 1.54) is 28.8 Å². The molecule has 0 aromatic heterocycles. The van der Waals surface area contributed by atoms with Gasteiger partial charge >= 0.3 is 0 Å². The Kier molecular flexibility index (Phi) is 11.5. The van der Waals surface area contributed by atoms with Crippen LogP contribution in [0.15, 0.2) is 82.6 Å². The second-order valence-electron chi connectivity index (χ2n) is 9.05. The molecule has 220 valence electrons. The zero-order valence-electron chi connectivity index (χ0n) is 24.0. The van der Waals surface area contributed by atoms with E-state index in [0.717, 1.165) is 14.8 Å². The number of sulfonamides is 1. The molecule has 0 saturated carbocycles. The molecule has 0 aliphatic rings. The number of hydrogen-bond acceptors (Lipinski definition) is 7. The van der Waals surface area contributed by atoms with E-state index >= 15 is 0 Å². The number of likely N-dealkylation sites (N-methyl/N-ethyl adjacent to an activating group) is 1. The zero-order chi connectivity index (χ0) is 30.0. The van der Waals surface area contributed by atoms with Gasteiger partial charge in [-0.25, -0.2) is 8.42 Å². The predicted molar refractivity (Wildman–Crippen MR) is 162 cm³/mol. The molecule has 1 atom stereocenters.